The molecule has 1 N–H and O–H groups in total. The molecule has 0 aliphatic heterocycles. The van der Waals surface area contributed by atoms with Crippen molar-refractivity contribution in [1.82, 2.24) is 5.32 Å². The van der Waals surface area contributed by atoms with E-state index in [0.717, 1.165) is 18.9 Å². The molecule has 0 aromatic carbocycles. The van der Waals surface area contributed by atoms with Crippen LogP contribution in [0.2, 0.25) is 0 Å². The van der Waals surface area contributed by atoms with Crippen LogP contribution in [0, 0.1) is 5.92 Å². The summed E-state index contributed by atoms with van der Waals surface area (Å²) in [6.07, 6.45) is 3.67. The second-order valence-electron chi connectivity index (χ2n) is 4.16. The summed E-state index contributed by atoms with van der Waals surface area (Å²) in [4.78, 5) is 0. The summed E-state index contributed by atoms with van der Waals surface area (Å²) < 4.78 is 0. The summed E-state index contributed by atoms with van der Waals surface area (Å²) in [7, 11) is 0. The van der Waals surface area contributed by atoms with Crippen LogP contribution in [0.3, 0.4) is 0 Å². The minimum absolute atomic E-state index is 0.637. The highest BCUT2D eigenvalue weighted by atomic mass is 14.9. The molecule has 0 aliphatic carbocycles. The molecule has 2 atom stereocenters. The Morgan fingerprint density at radius 3 is 2.38 bits per heavy atom. The highest BCUT2D eigenvalue weighted by molar-refractivity contribution is 4.93. The molecule has 0 radical (unpaired) electrons. The van der Waals surface area contributed by atoms with Crippen molar-refractivity contribution < 1.29 is 0 Å². The fourth-order valence-corrected chi connectivity index (χ4v) is 1.60. The largest absolute Gasteiger partial charge is 0.314 e. The maximum Gasteiger partial charge on any atom is 0.0106 e. The topological polar surface area (TPSA) is 12.0 Å². The predicted octanol–water partition coefficient (Wildman–Crippen LogP) is 3.37. The molecule has 2 unspecified atom stereocenters. The van der Waals surface area contributed by atoms with Crippen LogP contribution >= 0.6 is 0 Å². The van der Waals surface area contributed by atoms with Crippen molar-refractivity contribution in [3.63, 3.8) is 0 Å². The summed E-state index contributed by atoms with van der Waals surface area (Å²) in [5.41, 5.74) is 1.29. The van der Waals surface area contributed by atoms with Gasteiger partial charge in [-0.3, -0.25) is 0 Å². The Labute approximate surface area is 83.6 Å². The van der Waals surface area contributed by atoms with Gasteiger partial charge in [0.1, 0.15) is 0 Å². The van der Waals surface area contributed by atoms with Gasteiger partial charge in [-0.05, 0) is 32.2 Å². The van der Waals surface area contributed by atoms with Crippen LogP contribution in [0.25, 0.3) is 0 Å². The molecular weight excluding hydrogens is 158 g/mol. The molecule has 13 heavy (non-hydrogen) atoms. The molecule has 0 saturated heterocycles. The zero-order chi connectivity index (χ0) is 10.3. The van der Waals surface area contributed by atoms with Crippen LogP contribution in [0.1, 0.15) is 47.0 Å². The third kappa shape index (κ3) is 6.83. The van der Waals surface area contributed by atoms with E-state index in [1.165, 1.54) is 18.4 Å². The Bertz CT molecular complexity index is 140. The Morgan fingerprint density at radius 1 is 1.38 bits per heavy atom. The van der Waals surface area contributed by atoms with E-state index in [4.69, 9.17) is 0 Å². The van der Waals surface area contributed by atoms with E-state index in [9.17, 15) is 0 Å². The number of hydrogen-bond donors (Lipinski definition) is 1. The lowest BCUT2D eigenvalue weighted by atomic mass is 9.95. The molecule has 0 aromatic rings. The van der Waals surface area contributed by atoms with Crippen LogP contribution in [0.4, 0.5) is 0 Å². The minimum atomic E-state index is 0.637. The fourth-order valence-electron chi connectivity index (χ4n) is 1.60. The Balaban J connectivity index is 3.85. The third-order valence-corrected chi connectivity index (χ3v) is 2.47. The first kappa shape index (κ1) is 12.7. The summed E-state index contributed by atoms with van der Waals surface area (Å²) in [5, 5.41) is 3.52. The van der Waals surface area contributed by atoms with Gasteiger partial charge in [0.2, 0.25) is 0 Å². The lowest BCUT2D eigenvalue weighted by Crippen LogP contribution is -2.30. The second kappa shape index (κ2) is 7.14. The summed E-state index contributed by atoms with van der Waals surface area (Å²) >= 11 is 0. The highest BCUT2D eigenvalue weighted by Gasteiger charge is 2.10. The van der Waals surface area contributed by atoms with Crippen LogP contribution in [-0.4, -0.2) is 12.6 Å². The molecule has 0 fully saturated rings. The Morgan fingerprint density at radius 2 is 2.00 bits per heavy atom. The zero-order valence-corrected chi connectivity index (χ0v) is 9.69. The first-order valence-electron chi connectivity index (χ1n) is 5.47. The molecule has 0 rings (SSSR count). The van der Waals surface area contributed by atoms with E-state index in [-0.39, 0.29) is 0 Å². The summed E-state index contributed by atoms with van der Waals surface area (Å²) in [5.74, 6) is 0.823. The molecule has 0 spiro atoms. The highest BCUT2D eigenvalue weighted by Crippen LogP contribution is 2.14. The van der Waals surface area contributed by atoms with Gasteiger partial charge in [-0.1, -0.05) is 32.8 Å². The minimum Gasteiger partial charge on any atom is -0.314 e. The molecule has 0 amide bonds. The van der Waals surface area contributed by atoms with E-state index in [2.05, 4.69) is 39.6 Å². The van der Waals surface area contributed by atoms with Gasteiger partial charge < -0.3 is 5.32 Å². The van der Waals surface area contributed by atoms with Crippen molar-refractivity contribution in [3.05, 3.63) is 12.2 Å². The monoisotopic (exact) mass is 183 g/mol. The summed E-state index contributed by atoms with van der Waals surface area (Å²) in [6.45, 7) is 13.9. The quantitative estimate of drug-likeness (QED) is 0.597. The van der Waals surface area contributed by atoms with Crippen molar-refractivity contribution >= 4 is 0 Å². The zero-order valence-electron chi connectivity index (χ0n) is 9.69. The van der Waals surface area contributed by atoms with Crippen LogP contribution in [-0.2, 0) is 0 Å². The van der Waals surface area contributed by atoms with Crippen molar-refractivity contribution in [3.8, 4) is 0 Å². The van der Waals surface area contributed by atoms with Gasteiger partial charge in [0.05, 0.1) is 0 Å². The first-order valence-corrected chi connectivity index (χ1v) is 5.47. The van der Waals surface area contributed by atoms with Crippen molar-refractivity contribution in [2.75, 3.05) is 6.54 Å². The van der Waals surface area contributed by atoms with Crippen molar-refractivity contribution in [2.45, 2.75) is 53.0 Å². The average molecular weight is 183 g/mol. The predicted molar refractivity (Wildman–Crippen MR) is 61.0 cm³/mol. The molecule has 0 aromatic heterocycles. The Kier molecular flexibility index (Phi) is 6.97. The first-order chi connectivity index (χ1) is 6.10. The SMILES string of the molecule is C=C(C)CC(CC(C)CC)NCC. The molecule has 78 valence electrons. The molecule has 0 bridgehead atoms. The summed E-state index contributed by atoms with van der Waals surface area (Å²) in [6, 6.07) is 0.637. The van der Waals surface area contributed by atoms with E-state index in [1.54, 1.807) is 0 Å². The van der Waals surface area contributed by atoms with Crippen LogP contribution in [0.15, 0.2) is 12.2 Å². The van der Waals surface area contributed by atoms with Gasteiger partial charge in [-0.25, -0.2) is 0 Å². The van der Waals surface area contributed by atoms with Gasteiger partial charge in [-0.2, -0.15) is 0 Å². The lowest BCUT2D eigenvalue weighted by Gasteiger charge is -2.21. The van der Waals surface area contributed by atoms with Gasteiger partial charge in [0.15, 0.2) is 0 Å². The Hall–Kier alpha value is -0.300. The standard InChI is InChI=1S/C12H25N/c1-6-11(5)9-12(13-7-2)8-10(3)4/h11-13H,3,6-9H2,1-2,4-5H3. The normalized spacial score (nSPS) is 15.4. The maximum atomic E-state index is 3.97. The molecule has 1 heteroatoms. The average Bonchev–Trinajstić information content (AvgIpc) is 2.03. The van der Waals surface area contributed by atoms with E-state index in [1.807, 2.05) is 0 Å². The molecule has 0 aliphatic rings. The number of rotatable bonds is 7. The fraction of sp³-hybridized carbons (Fsp3) is 0.833. The number of hydrogen-bond acceptors (Lipinski definition) is 1. The van der Waals surface area contributed by atoms with E-state index in [0.29, 0.717) is 6.04 Å². The van der Waals surface area contributed by atoms with Gasteiger partial charge in [-0.15, -0.1) is 6.58 Å². The van der Waals surface area contributed by atoms with Crippen molar-refractivity contribution in [2.24, 2.45) is 5.92 Å². The van der Waals surface area contributed by atoms with Crippen LogP contribution in [0.5, 0.6) is 0 Å². The molecule has 1 nitrogen and oxygen atoms in total. The lowest BCUT2D eigenvalue weighted by molar-refractivity contribution is 0.397. The van der Waals surface area contributed by atoms with Crippen LogP contribution < -0.4 is 5.32 Å². The molecular formula is C12H25N. The smallest absolute Gasteiger partial charge is 0.0106 e. The molecule has 0 heterocycles. The maximum absolute atomic E-state index is 3.97. The van der Waals surface area contributed by atoms with Crippen molar-refractivity contribution in [1.29, 1.82) is 0 Å². The van der Waals surface area contributed by atoms with E-state index < -0.39 is 0 Å². The molecule has 0 saturated carbocycles. The van der Waals surface area contributed by atoms with E-state index >= 15 is 0 Å². The third-order valence-electron chi connectivity index (χ3n) is 2.47. The number of nitrogens with one attached hydrogen (secondary N) is 1. The van der Waals surface area contributed by atoms with Gasteiger partial charge in [0.25, 0.3) is 0 Å². The second-order valence-corrected chi connectivity index (χ2v) is 4.16. The van der Waals surface area contributed by atoms with Gasteiger partial charge >= 0.3 is 0 Å². The van der Waals surface area contributed by atoms with Gasteiger partial charge in [0, 0.05) is 6.04 Å².